The van der Waals surface area contributed by atoms with Gasteiger partial charge in [0.05, 0.1) is 0 Å². The number of pyridine rings is 1. The van der Waals surface area contributed by atoms with Gasteiger partial charge in [-0.2, -0.15) is 0 Å². The molecule has 6 heteroatoms. The van der Waals surface area contributed by atoms with Crippen molar-refractivity contribution >= 4 is 22.7 Å². The molecule has 0 radical (unpaired) electrons. The minimum atomic E-state index is -0.585. The number of nitrogens with one attached hydrogen (secondary N) is 2. The average Bonchev–Trinajstić information content (AvgIpc) is 3.03. The minimum Gasteiger partial charge on any atom is -0.366 e. The number of H-pyrrole nitrogens is 1. The van der Waals surface area contributed by atoms with Crippen LogP contribution in [0.15, 0.2) is 42.6 Å². The third-order valence-electron chi connectivity index (χ3n) is 3.68. The molecule has 3 rings (SSSR count). The Morgan fingerprint density at radius 2 is 2.09 bits per heavy atom. The van der Waals surface area contributed by atoms with E-state index < -0.39 is 5.91 Å². The second kappa shape index (κ2) is 5.92. The first-order valence-electron chi connectivity index (χ1n) is 7.16. The van der Waals surface area contributed by atoms with Crippen molar-refractivity contribution in [2.75, 3.05) is 7.05 Å². The van der Waals surface area contributed by atoms with E-state index in [1.54, 1.807) is 6.07 Å². The molecular formula is C17H16N4O2. The number of hydrogen-bond donors (Lipinski definition) is 3. The van der Waals surface area contributed by atoms with Crippen LogP contribution in [0, 0.1) is 0 Å². The fourth-order valence-electron chi connectivity index (χ4n) is 2.56. The van der Waals surface area contributed by atoms with Gasteiger partial charge in [0, 0.05) is 41.8 Å². The van der Waals surface area contributed by atoms with E-state index >= 15 is 0 Å². The van der Waals surface area contributed by atoms with Gasteiger partial charge in [-0.15, -0.1) is 0 Å². The smallest absolute Gasteiger partial charge is 0.269 e. The van der Waals surface area contributed by atoms with Gasteiger partial charge in [-0.25, -0.2) is 4.98 Å². The molecule has 0 spiro atoms. The summed E-state index contributed by atoms with van der Waals surface area (Å²) >= 11 is 0. The Morgan fingerprint density at radius 3 is 2.83 bits per heavy atom. The number of benzene rings is 1. The van der Waals surface area contributed by atoms with Crippen LogP contribution in [-0.2, 0) is 6.42 Å². The van der Waals surface area contributed by atoms with Crippen molar-refractivity contribution in [3.63, 3.8) is 0 Å². The van der Waals surface area contributed by atoms with Crippen molar-refractivity contribution in [1.82, 2.24) is 15.3 Å². The first kappa shape index (κ1) is 14.8. The quantitative estimate of drug-likeness (QED) is 0.682. The maximum absolute atomic E-state index is 11.8. The van der Waals surface area contributed by atoms with Crippen molar-refractivity contribution in [3.05, 3.63) is 65.1 Å². The lowest BCUT2D eigenvalue weighted by Crippen LogP contribution is -2.21. The standard InChI is InChI=1S/C17H16N4O2/c1-19-17(23)15-9-11(16(18)22)8-12(21-15)7-10-3-2-4-14-13(10)5-6-20-14/h2-6,8-9,20H,7H2,1H3,(H2,18,22)(H,19,23). The van der Waals surface area contributed by atoms with Crippen LogP contribution in [0.3, 0.4) is 0 Å². The van der Waals surface area contributed by atoms with Crippen LogP contribution in [0.25, 0.3) is 10.9 Å². The molecule has 116 valence electrons. The summed E-state index contributed by atoms with van der Waals surface area (Å²) in [4.78, 5) is 30.8. The van der Waals surface area contributed by atoms with Gasteiger partial charge < -0.3 is 16.0 Å². The maximum atomic E-state index is 11.8. The summed E-state index contributed by atoms with van der Waals surface area (Å²) in [5.41, 5.74) is 8.51. The zero-order valence-corrected chi connectivity index (χ0v) is 12.6. The second-order valence-corrected chi connectivity index (χ2v) is 5.21. The molecule has 0 aliphatic carbocycles. The van der Waals surface area contributed by atoms with E-state index in [9.17, 15) is 9.59 Å². The van der Waals surface area contributed by atoms with Crippen molar-refractivity contribution in [1.29, 1.82) is 0 Å². The first-order valence-corrected chi connectivity index (χ1v) is 7.16. The van der Waals surface area contributed by atoms with E-state index in [1.807, 2.05) is 30.5 Å². The third kappa shape index (κ3) is 2.91. The molecule has 4 N–H and O–H groups in total. The van der Waals surface area contributed by atoms with Gasteiger partial charge in [0.2, 0.25) is 5.91 Å². The summed E-state index contributed by atoms with van der Waals surface area (Å²) in [6.45, 7) is 0. The van der Waals surface area contributed by atoms with Gasteiger partial charge in [-0.05, 0) is 29.8 Å². The van der Waals surface area contributed by atoms with Crippen LogP contribution in [0.5, 0.6) is 0 Å². The van der Waals surface area contributed by atoms with Gasteiger partial charge in [0.15, 0.2) is 0 Å². The number of nitrogens with zero attached hydrogens (tertiary/aromatic N) is 1. The Labute approximate surface area is 132 Å². The van der Waals surface area contributed by atoms with Gasteiger partial charge >= 0.3 is 0 Å². The van der Waals surface area contributed by atoms with Crippen molar-refractivity contribution < 1.29 is 9.59 Å². The molecule has 0 aliphatic heterocycles. The fraction of sp³-hybridized carbons (Fsp3) is 0.118. The largest absolute Gasteiger partial charge is 0.366 e. The van der Waals surface area contributed by atoms with Crippen LogP contribution in [0.4, 0.5) is 0 Å². The summed E-state index contributed by atoms with van der Waals surface area (Å²) in [5, 5.41) is 3.59. The van der Waals surface area contributed by atoms with Crippen molar-refractivity contribution in [3.8, 4) is 0 Å². The molecule has 2 heterocycles. The lowest BCUT2D eigenvalue weighted by molar-refractivity contribution is 0.0958. The molecule has 2 amide bonds. The summed E-state index contributed by atoms with van der Waals surface area (Å²) in [6, 6.07) is 11.0. The van der Waals surface area contributed by atoms with E-state index in [0.717, 1.165) is 16.5 Å². The number of carbonyl (C=O) groups excluding carboxylic acids is 2. The predicted molar refractivity (Wildman–Crippen MR) is 87.2 cm³/mol. The number of carbonyl (C=O) groups is 2. The molecule has 0 unspecified atom stereocenters. The van der Waals surface area contributed by atoms with Crippen LogP contribution in [0.2, 0.25) is 0 Å². The lowest BCUT2D eigenvalue weighted by Gasteiger charge is -2.08. The molecule has 0 atom stereocenters. The molecule has 3 aromatic rings. The van der Waals surface area contributed by atoms with Crippen molar-refractivity contribution in [2.24, 2.45) is 5.73 Å². The SMILES string of the molecule is CNC(=O)c1cc(C(N)=O)cc(Cc2cccc3[nH]ccc23)n1. The van der Waals surface area contributed by atoms with Crippen LogP contribution in [-0.4, -0.2) is 28.8 Å². The van der Waals surface area contributed by atoms with E-state index in [1.165, 1.54) is 13.1 Å². The normalized spacial score (nSPS) is 10.7. The molecule has 0 bridgehead atoms. The van der Waals surface area contributed by atoms with Crippen LogP contribution < -0.4 is 11.1 Å². The highest BCUT2D eigenvalue weighted by Crippen LogP contribution is 2.20. The van der Waals surface area contributed by atoms with Gasteiger partial charge in [0.25, 0.3) is 5.91 Å². The molecule has 0 saturated heterocycles. The number of nitrogens with two attached hydrogens (primary N) is 1. The Morgan fingerprint density at radius 1 is 1.26 bits per heavy atom. The summed E-state index contributed by atoms with van der Waals surface area (Å²) in [5.74, 6) is -0.937. The summed E-state index contributed by atoms with van der Waals surface area (Å²) in [6.07, 6.45) is 2.37. The number of hydrogen-bond acceptors (Lipinski definition) is 3. The summed E-state index contributed by atoms with van der Waals surface area (Å²) < 4.78 is 0. The molecule has 1 aromatic carbocycles. The van der Waals surface area contributed by atoms with Gasteiger partial charge in [-0.1, -0.05) is 12.1 Å². The number of fused-ring (bicyclic) bond motifs is 1. The Balaban J connectivity index is 2.05. The molecule has 23 heavy (non-hydrogen) atoms. The molecule has 6 nitrogen and oxygen atoms in total. The predicted octanol–water partition coefficient (Wildman–Crippen LogP) is 1.61. The molecular weight excluding hydrogens is 292 g/mol. The van der Waals surface area contributed by atoms with E-state index in [4.69, 9.17) is 5.73 Å². The third-order valence-corrected chi connectivity index (χ3v) is 3.68. The molecule has 0 fully saturated rings. The monoisotopic (exact) mass is 308 g/mol. The average molecular weight is 308 g/mol. The first-order chi connectivity index (χ1) is 11.1. The summed E-state index contributed by atoms with van der Waals surface area (Å²) in [7, 11) is 1.52. The Hall–Kier alpha value is -3.15. The number of primary amides is 1. The highest BCUT2D eigenvalue weighted by Gasteiger charge is 2.13. The number of amides is 2. The Bertz CT molecular complexity index is 898. The number of aromatic nitrogens is 2. The zero-order valence-electron chi connectivity index (χ0n) is 12.6. The molecule has 0 aliphatic rings. The second-order valence-electron chi connectivity index (χ2n) is 5.21. The van der Waals surface area contributed by atoms with E-state index in [2.05, 4.69) is 15.3 Å². The maximum Gasteiger partial charge on any atom is 0.269 e. The van der Waals surface area contributed by atoms with Gasteiger partial charge in [-0.3, -0.25) is 9.59 Å². The minimum absolute atomic E-state index is 0.181. The highest BCUT2D eigenvalue weighted by atomic mass is 16.2. The topological polar surface area (TPSA) is 101 Å². The highest BCUT2D eigenvalue weighted by molar-refractivity contribution is 5.98. The zero-order chi connectivity index (χ0) is 16.4. The van der Waals surface area contributed by atoms with Crippen LogP contribution >= 0.6 is 0 Å². The van der Waals surface area contributed by atoms with Crippen LogP contribution in [0.1, 0.15) is 32.1 Å². The van der Waals surface area contributed by atoms with E-state index in [-0.39, 0.29) is 17.2 Å². The molecule has 0 saturated carbocycles. The number of aromatic amines is 1. The Kier molecular flexibility index (Phi) is 3.80. The lowest BCUT2D eigenvalue weighted by atomic mass is 10.0. The number of rotatable bonds is 4. The molecule has 2 aromatic heterocycles. The fourth-order valence-corrected chi connectivity index (χ4v) is 2.56. The van der Waals surface area contributed by atoms with E-state index in [0.29, 0.717) is 12.1 Å². The van der Waals surface area contributed by atoms with Gasteiger partial charge in [0.1, 0.15) is 5.69 Å². The van der Waals surface area contributed by atoms with Crippen molar-refractivity contribution in [2.45, 2.75) is 6.42 Å².